The van der Waals surface area contributed by atoms with E-state index in [0.29, 0.717) is 17.0 Å². The molecule has 0 bridgehead atoms. The fraction of sp³-hybridized carbons (Fsp3) is 0.231. The van der Waals surface area contributed by atoms with Gasteiger partial charge in [-0.25, -0.2) is 9.78 Å². The third-order valence-corrected chi connectivity index (χ3v) is 2.75. The summed E-state index contributed by atoms with van der Waals surface area (Å²) in [6.07, 6.45) is 1.37. The summed E-state index contributed by atoms with van der Waals surface area (Å²) < 4.78 is 5.32. The summed E-state index contributed by atoms with van der Waals surface area (Å²) in [5.74, 6) is -0.411. The Balaban J connectivity index is 2.70. The van der Waals surface area contributed by atoms with Crippen LogP contribution < -0.4 is 4.74 Å². The molecule has 1 heterocycles. The Morgan fingerprint density at radius 2 is 2.11 bits per heavy atom. The lowest BCUT2D eigenvalue weighted by Crippen LogP contribution is -2.01. The molecule has 0 radical (unpaired) electrons. The second-order valence-electron chi connectivity index (χ2n) is 4.09. The molecule has 0 aliphatic heterocycles. The van der Waals surface area contributed by atoms with Gasteiger partial charge < -0.3 is 14.8 Å². The Kier molecular flexibility index (Phi) is 3.06. The van der Waals surface area contributed by atoms with E-state index < -0.39 is 5.97 Å². The van der Waals surface area contributed by atoms with Gasteiger partial charge in [0.2, 0.25) is 0 Å². The summed E-state index contributed by atoms with van der Waals surface area (Å²) >= 11 is 0. The second kappa shape index (κ2) is 4.52. The number of H-pyrrole nitrogens is 1. The van der Waals surface area contributed by atoms with Crippen LogP contribution in [0.1, 0.15) is 21.6 Å². The molecular weight excluding hydrogens is 232 g/mol. The molecule has 0 amide bonds. The van der Waals surface area contributed by atoms with E-state index in [1.807, 2.05) is 26.0 Å². The Labute approximate surface area is 104 Å². The fourth-order valence-electron chi connectivity index (χ4n) is 2.04. The standard InChI is InChI=1S/C13H14N2O3/c1-7-4-8(2)10(9(5-7)18-3)11-12(13(16)17)15-6-14-11/h4-6H,1-3H3,(H,14,15)(H,16,17). The van der Waals surface area contributed by atoms with Gasteiger partial charge in [0, 0.05) is 5.56 Å². The van der Waals surface area contributed by atoms with Crippen LogP contribution in [-0.2, 0) is 0 Å². The largest absolute Gasteiger partial charge is 0.496 e. The van der Waals surface area contributed by atoms with Crippen LogP contribution in [0.15, 0.2) is 18.5 Å². The van der Waals surface area contributed by atoms with Crippen molar-refractivity contribution in [2.75, 3.05) is 7.11 Å². The highest BCUT2D eigenvalue weighted by Crippen LogP contribution is 2.34. The quantitative estimate of drug-likeness (QED) is 0.872. The van der Waals surface area contributed by atoms with Gasteiger partial charge >= 0.3 is 5.97 Å². The van der Waals surface area contributed by atoms with Crippen molar-refractivity contribution in [1.82, 2.24) is 9.97 Å². The maximum Gasteiger partial charge on any atom is 0.354 e. The van der Waals surface area contributed by atoms with E-state index in [0.717, 1.165) is 11.1 Å². The molecule has 0 aliphatic rings. The Morgan fingerprint density at radius 3 is 2.72 bits per heavy atom. The molecule has 0 fully saturated rings. The molecular formula is C13H14N2O3. The molecule has 94 valence electrons. The zero-order chi connectivity index (χ0) is 13.3. The number of carboxylic acid groups (broad SMARTS) is 1. The topological polar surface area (TPSA) is 75.2 Å². The van der Waals surface area contributed by atoms with Crippen molar-refractivity contribution in [2.24, 2.45) is 0 Å². The van der Waals surface area contributed by atoms with Crippen molar-refractivity contribution in [3.05, 3.63) is 35.3 Å². The number of nitrogens with one attached hydrogen (secondary N) is 1. The van der Waals surface area contributed by atoms with Gasteiger partial charge in [-0.05, 0) is 31.0 Å². The van der Waals surface area contributed by atoms with Gasteiger partial charge in [-0.15, -0.1) is 0 Å². The van der Waals surface area contributed by atoms with E-state index in [1.54, 1.807) is 7.11 Å². The van der Waals surface area contributed by atoms with Gasteiger partial charge in [-0.3, -0.25) is 0 Å². The third kappa shape index (κ3) is 1.95. The van der Waals surface area contributed by atoms with E-state index in [1.165, 1.54) is 6.33 Å². The highest BCUT2D eigenvalue weighted by molar-refractivity contribution is 5.94. The number of methoxy groups -OCH3 is 1. The zero-order valence-electron chi connectivity index (χ0n) is 10.4. The van der Waals surface area contributed by atoms with Crippen molar-refractivity contribution in [3.8, 4) is 17.0 Å². The number of nitrogens with zero attached hydrogens (tertiary/aromatic N) is 1. The predicted octanol–water partition coefficient (Wildman–Crippen LogP) is 2.40. The van der Waals surface area contributed by atoms with Crippen LogP contribution in [0, 0.1) is 13.8 Å². The van der Waals surface area contributed by atoms with Gasteiger partial charge in [0.15, 0.2) is 5.69 Å². The molecule has 5 nitrogen and oxygen atoms in total. The number of benzene rings is 1. The van der Waals surface area contributed by atoms with E-state index >= 15 is 0 Å². The number of ether oxygens (including phenoxy) is 1. The number of rotatable bonds is 3. The van der Waals surface area contributed by atoms with Crippen molar-refractivity contribution in [1.29, 1.82) is 0 Å². The Bertz CT molecular complexity index is 602. The molecule has 1 aromatic carbocycles. The minimum atomic E-state index is -1.04. The number of imidazole rings is 1. The number of hydrogen-bond donors (Lipinski definition) is 2. The summed E-state index contributed by atoms with van der Waals surface area (Å²) in [6.45, 7) is 3.87. The molecule has 2 rings (SSSR count). The van der Waals surface area contributed by atoms with Gasteiger partial charge in [0.1, 0.15) is 11.4 Å². The van der Waals surface area contributed by atoms with E-state index in [-0.39, 0.29) is 5.69 Å². The molecule has 0 atom stereocenters. The summed E-state index contributed by atoms with van der Waals surface area (Å²) in [4.78, 5) is 17.8. The molecule has 2 N–H and O–H groups in total. The van der Waals surface area contributed by atoms with Crippen molar-refractivity contribution in [3.63, 3.8) is 0 Å². The van der Waals surface area contributed by atoms with E-state index in [4.69, 9.17) is 9.84 Å². The summed E-state index contributed by atoms with van der Waals surface area (Å²) in [6, 6.07) is 3.83. The average Bonchev–Trinajstić information content (AvgIpc) is 2.76. The number of aromatic amines is 1. The number of carboxylic acids is 1. The molecule has 1 aromatic heterocycles. The molecule has 5 heteroatoms. The van der Waals surface area contributed by atoms with Gasteiger partial charge in [0.25, 0.3) is 0 Å². The SMILES string of the molecule is COc1cc(C)cc(C)c1-c1nc[nH]c1C(=O)O. The van der Waals surface area contributed by atoms with Crippen LogP contribution in [-0.4, -0.2) is 28.2 Å². The average molecular weight is 246 g/mol. The smallest absolute Gasteiger partial charge is 0.354 e. The van der Waals surface area contributed by atoms with Crippen LogP contribution in [0.4, 0.5) is 0 Å². The first kappa shape index (κ1) is 12.2. The lowest BCUT2D eigenvalue weighted by molar-refractivity contribution is 0.0692. The monoisotopic (exact) mass is 246 g/mol. The van der Waals surface area contributed by atoms with Gasteiger partial charge in [-0.2, -0.15) is 0 Å². The summed E-state index contributed by atoms with van der Waals surface area (Å²) in [5, 5.41) is 9.11. The number of carbonyl (C=O) groups is 1. The van der Waals surface area contributed by atoms with Crippen LogP contribution in [0.3, 0.4) is 0 Å². The van der Waals surface area contributed by atoms with Crippen LogP contribution >= 0.6 is 0 Å². The Morgan fingerprint density at radius 1 is 1.39 bits per heavy atom. The van der Waals surface area contributed by atoms with Gasteiger partial charge in [-0.1, -0.05) is 6.07 Å². The number of aromatic carboxylic acids is 1. The molecule has 18 heavy (non-hydrogen) atoms. The number of hydrogen-bond acceptors (Lipinski definition) is 3. The molecule has 0 saturated heterocycles. The maximum atomic E-state index is 11.1. The zero-order valence-corrected chi connectivity index (χ0v) is 10.4. The van der Waals surface area contributed by atoms with E-state index in [2.05, 4.69) is 9.97 Å². The van der Waals surface area contributed by atoms with Gasteiger partial charge in [0.05, 0.1) is 13.4 Å². The second-order valence-corrected chi connectivity index (χ2v) is 4.09. The van der Waals surface area contributed by atoms with Crippen molar-refractivity contribution < 1.29 is 14.6 Å². The third-order valence-electron chi connectivity index (χ3n) is 2.75. The van der Waals surface area contributed by atoms with Crippen molar-refractivity contribution >= 4 is 5.97 Å². The number of aromatic nitrogens is 2. The summed E-state index contributed by atoms with van der Waals surface area (Å²) in [5.41, 5.74) is 3.17. The van der Waals surface area contributed by atoms with Crippen LogP contribution in [0.25, 0.3) is 11.3 Å². The fourth-order valence-corrected chi connectivity index (χ4v) is 2.04. The molecule has 2 aromatic rings. The minimum Gasteiger partial charge on any atom is -0.496 e. The first-order valence-electron chi connectivity index (χ1n) is 5.47. The maximum absolute atomic E-state index is 11.1. The molecule has 0 saturated carbocycles. The van der Waals surface area contributed by atoms with Crippen LogP contribution in [0.2, 0.25) is 0 Å². The highest BCUT2D eigenvalue weighted by atomic mass is 16.5. The lowest BCUT2D eigenvalue weighted by atomic mass is 10.0. The molecule has 0 aliphatic carbocycles. The van der Waals surface area contributed by atoms with Crippen molar-refractivity contribution in [2.45, 2.75) is 13.8 Å². The lowest BCUT2D eigenvalue weighted by Gasteiger charge is -2.11. The predicted molar refractivity (Wildman–Crippen MR) is 67.0 cm³/mol. The van der Waals surface area contributed by atoms with Crippen LogP contribution in [0.5, 0.6) is 5.75 Å². The minimum absolute atomic E-state index is 0.0697. The first-order chi connectivity index (χ1) is 8.54. The molecule has 0 spiro atoms. The first-order valence-corrected chi connectivity index (χ1v) is 5.47. The highest BCUT2D eigenvalue weighted by Gasteiger charge is 2.20. The number of aryl methyl sites for hydroxylation is 2. The molecule has 0 unspecified atom stereocenters. The van der Waals surface area contributed by atoms with E-state index in [9.17, 15) is 4.79 Å². The Hall–Kier alpha value is -2.30. The summed E-state index contributed by atoms with van der Waals surface area (Å²) in [7, 11) is 1.56. The normalized spacial score (nSPS) is 10.4.